The van der Waals surface area contributed by atoms with Crippen molar-refractivity contribution in [2.75, 3.05) is 12.1 Å². The van der Waals surface area contributed by atoms with Gasteiger partial charge in [-0.2, -0.15) is 0 Å². The quantitative estimate of drug-likeness (QED) is 0.694. The molecule has 0 spiro atoms. The first-order valence-electron chi connectivity index (χ1n) is 6.03. The fourth-order valence-corrected chi connectivity index (χ4v) is 2.40. The van der Waals surface area contributed by atoms with E-state index in [9.17, 15) is 4.57 Å². The van der Waals surface area contributed by atoms with Crippen LogP contribution in [0.2, 0.25) is 0 Å². The number of nitrogen functional groups attached to an aromatic ring is 1. The van der Waals surface area contributed by atoms with E-state index < -0.39 is 13.9 Å². The van der Waals surface area contributed by atoms with Crippen molar-refractivity contribution in [3.8, 4) is 0 Å². The zero-order valence-electron chi connectivity index (χ0n) is 11.2. The van der Waals surface area contributed by atoms with E-state index in [1.54, 1.807) is 11.4 Å². The van der Waals surface area contributed by atoms with Crippen molar-refractivity contribution >= 4 is 19.1 Å². The molecule has 0 aromatic carbocycles. The molecule has 1 unspecified atom stereocenters. The van der Waals surface area contributed by atoms with E-state index >= 15 is 0 Å². The summed E-state index contributed by atoms with van der Waals surface area (Å²) in [4.78, 5) is 21.6. The second-order valence-electron chi connectivity index (χ2n) is 4.65. The highest BCUT2D eigenvalue weighted by Crippen LogP contribution is 2.34. The SMILES string of the molecule is Cc1nc(N)nn2c(CC(C)OCP(=O)(O)O)ccc12. The Kier molecular flexibility index (Phi) is 4.10. The van der Waals surface area contributed by atoms with Gasteiger partial charge in [0, 0.05) is 12.1 Å². The summed E-state index contributed by atoms with van der Waals surface area (Å²) < 4.78 is 17.6. The maximum atomic E-state index is 10.8. The number of ether oxygens (including phenoxy) is 1. The van der Waals surface area contributed by atoms with Crippen LogP contribution in [-0.4, -0.2) is 36.8 Å². The molecule has 0 bridgehead atoms. The third kappa shape index (κ3) is 3.55. The molecular weight excluding hydrogens is 283 g/mol. The third-order valence-corrected chi connectivity index (χ3v) is 3.30. The molecule has 20 heavy (non-hydrogen) atoms. The van der Waals surface area contributed by atoms with E-state index in [1.165, 1.54) is 0 Å². The first-order valence-corrected chi connectivity index (χ1v) is 7.83. The lowest BCUT2D eigenvalue weighted by Crippen LogP contribution is -2.15. The molecule has 110 valence electrons. The molecule has 0 fully saturated rings. The van der Waals surface area contributed by atoms with Gasteiger partial charge in [-0.15, -0.1) is 5.10 Å². The van der Waals surface area contributed by atoms with Crippen LogP contribution >= 0.6 is 7.60 Å². The zero-order valence-corrected chi connectivity index (χ0v) is 12.1. The predicted molar refractivity (Wildman–Crippen MR) is 73.3 cm³/mol. The molecule has 1 atom stereocenters. The topological polar surface area (TPSA) is 123 Å². The second kappa shape index (κ2) is 5.49. The number of aryl methyl sites for hydroxylation is 1. The van der Waals surface area contributed by atoms with Gasteiger partial charge in [0.05, 0.1) is 17.3 Å². The zero-order chi connectivity index (χ0) is 14.9. The highest BCUT2D eigenvalue weighted by atomic mass is 31.2. The molecule has 0 aliphatic carbocycles. The first-order chi connectivity index (χ1) is 9.26. The molecule has 0 amide bonds. The highest BCUT2D eigenvalue weighted by Gasteiger charge is 2.17. The molecule has 8 nitrogen and oxygen atoms in total. The van der Waals surface area contributed by atoms with Gasteiger partial charge in [-0.3, -0.25) is 4.57 Å². The molecule has 0 aliphatic rings. The van der Waals surface area contributed by atoms with Crippen molar-refractivity contribution in [3.05, 3.63) is 23.5 Å². The maximum Gasteiger partial charge on any atom is 0.350 e. The van der Waals surface area contributed by atoms with E-state index in [4.69, 9.17) is 20.3 Å². The van der Waals surface area contributed by atoms with Crippen molar-refractivity contribution in [2.24, 2.45) is 0 Å². The van der Waals surface area contributed by atoms with Gasteiger partial charge >= 0.3 is 7.60 Å². The number of fused-ring (bicyclic) bond motifs is 1. The van der Waals surface area contributed by atoms with Gasteiger partial charge in [-0.05, 0) is 26.0 Å². The van der Waals surface area contributed by atoms with E-state index in [0.717, 1.165) is 16.9 Å². The van der Waals surface area contributed by atoms with Crippen LogP contribution < -0.4 is 5.73 Å². The molecule has 4 N–H and O–H groups in total. The molecule has 2 aromatic rings. The Labute approximate surface area is 115 Å². The summed E-state index contributed by atoms with van der Waals surface area (Å²) in [7, 11) is -4.15. The van der Waals surface area contributed by atoms with Crippen LogP contribution in [-0.2, 0) is 15.7 Å². The van der Waals surface area contributed by atoms with E-state index in [0.29, 0.717) is 6.42 Å². The molecule has 9 heteroatoms. The minimum Gasteiger partial charge on any atom is -0.367 e. The number of anilines is 1. The van der Waals surface area contributed by atoms with Gasteiger partial charge in [0.2, 0.25) is 5.95 Å². The van der Waals surface area contributed by atoms with Gasteiger partial charge in [-0.1, -0.05) is 0 Å². The van der Waals surface area contributed by atoms with Crippen LogP contribution in [0, 0.1) is 6.92 Å². The smallest absolute Gasteiger partial charge is 0.350 e. The van der Waals surface area contributed by atoms with Gasteiger partial charge in [-0.25, -0.2) is 9.50 Å². The minimum atomic E-state index is -4.15. The number of hydrogen-bond acceptors (Lipinski definition) is 5. The summed E-state index contributed by atoms with van der Waals surface area (Å²) in [6.07, 6.45) is -0.477. The standard InChI is InChI=1S/C11H17N4O4P/c1-7(19-6-20(16,17)18)5-9-3-4-10-8(2)13-11(12)14-15(9)10/h3-4,7H,5-6H2,1-2H3,(H2,12,14)(H2,16,17,18). The molecule has 2 heterocycles. The molecular formula is C11H17N4O4P. The summed E-state index contributed by atoms with van der Waals surface area (Å²) >= 11 is 0. The molecule has 0 saturated heterocycles. The van der Waals surface area contributed by atoms with Crippen LogP contribution in [0.3, 0.4) is 0 Å². The van der Waals surface area contributed by atoms with Crippen LogP contribution in [0.15, 0.2) is 12.1 Å². The molecule has 2 aromatic heterocycles. The Morgan fingerprint density at radius 3 is 2.85 bits per heavy atom. The maximum absolute atomic E-state index is 10.8. The van der Waals surface area contributed by atoms with E-state index in [-0.39, 0.29) is 12.1 Å². The second-order valence-corrected chi connectivity index (χ2v) is 6.24. The number of hydrogen-bond donors (Lipinski definition) is 3. The molecule has 2 rings (SSSR count). The minimum absolute atomic E-state index is 0.177. The molecule has 0 aliphatic heterocycles. The van der Waals surface area contributed by atoms with E-state index in [1.807, 2.05) is 19.1 Å². The lowest BCUT2D eigenvalue weighted by Gasteiger charge is -2.13. The fourth-order valence-electron chi connectivity index (χ4n) is 1.95. The first kappa shape index (κ1) is 14.9. The summed E-state index contributed by atoms with van der Waals surface area (Å²) in [6.45, 7) is 3.58. The Bertz CT molecular complexity index is 666. The average Bonchev–Trinajstić information content (AvgIpc) is 2.69. The van der Waals surface area contributed by atoms with Gasteiger partial charge in [0.25, 0.3) is 0 Å². The highest BCUT2D eigenvalue weighted by molar-refractivity contribution is 7.51. The van der Waals surface area contributed by atoms with Crippen LogP contribution in [0.5, 0.6) is 0 Å². The van der Waals surface area contributed by atoms with Crippen molar-refractivity contribution < 1.29 is 19.1 Å². The molecule has 0 radical (unpaired) electrons. The van der Waals surface area contributed by atoms with E-state index in [2.05, 4.69) is 10.1 Å². The normalized spacial score (nSPS) is 13.8. The van der Waals surface area contributed by atoms with Crippen LogP contribution in [0.25, 0.3) is 5.52 Å². The Morgan fingerprint density at radius 1 is 1.50 bits per heavy atom. The van der Waals surface area contributed by atoms with Gasteiger partial charge in [0.15, 0.2) is 0 Å². The van der Waals surface area contributed by atoms with Crippen molar-refractivity contribution in [2.45, 2.75) is 26.4 Å². The predicted octanol–water partition coefficient (Wildman–Crippen LogP) is 0.703. The summed E-state index contributed by atoms with van der Waals surface area (Å²) in [6, 6.07) is 3.74. The number of nitrogens with two attached hydrogens (primary N) is 1. The summed E-state index contributed by atoms with van der Waals surface area (Å²) in [5.74, 6) is 0.177. The van der Waals surface area contributed by atoms with Gasteiger partial charge < -0.3 is 20.3 Å². The Hall–Kier alpha value is -1.47. The lowest BCUT2D eigenvalue weighted by molar-refractivity contribution is 0.0877. The lowest BCUT2D eigenvalue weighted by atomic mass is 10.2. The van der Waals surface area contributed by atoms with Crippen molar-refractivity contribution in [3.63, 3.8) is 0 Å². The van der Waals surface area contributed by atoms with Crippen LogP contribution in [0.1, 0.15) is 18.3 Å². The Morgan fingerprint density at radius 2 is 2.20 bits per heavy atom. The molecule has 0 saturated carbocycles. The summed E-state index contributed by atoms with van der Waals surface area (Å²) in [5.41, 5.74) is 8.08. The number of aromatic nitrogens is 3. The van der Waals surface area contributed by atoms with Crippen molar-refractivity contribution in [1.82, 2.24) is 14.6 Å². The third-order valence-electron chi connectivity index (χ3n) is 2.81. The largest absolute Gasteiger partial charge is 0.367 e. The number of rotatable bonds is 5. The van der Waals surface area contributed by atoms with Crippen molar-refractivity contribution in [1.29, 1.82) is 0 Å². The fraction of sp³-hybridized carbons (Fsp3) is 0.455. The number of nitrogens with zero attached hydrogens (tertiary/aromatic N) is 3. The summed E-state index contributed by atoms with van der Waals surface area (Å²) in [5, 5.41) is 4.13. The van der Waals surface area contributed by atoms with Crippen LogP contribution in [0.4, 0.5) is 5.95 Å². The average molecular weight is 300 g/mol. The monoisotopic (exact) mass is 300 g/mol. The Balaban J connectivity index is 2.16. The van der Waals surface area contributed by atoms with Gasteiger partial charge in [0.1, 0.15) is 6.35 Å².